The smallest absolute Gasteiger partial charge is 0.759 e. The van der Waals surface area contributed by atoms with E-state index in [9.17, 15) is 24.4 Å². The van der Waals surface area contributed by atoms with Crippen molar-refractivity contribution in [2.75, 3.05) is 19.6 Å². The summed E-state index contributed by atoms with van der Waals surface area (Å²) in [7, 11) is 0. The Kier molecular flexibility index (Phi) is 14.0. The first-order valence-electron chi connectivity index (χ1n) is 11.6. The second kappa shape index (κ2) is 15.9. The Morgan fingerprint density at radius 3 is 2.41 bits per heavy atom. The van der Waals surface area contributed by atoms with Gasteiger partial charge in [-0.2, -0.15) is 0 Å². The van der Waals surface area contributed by atoms with Crippen molar-refractivity contribution >= 4 is 23.6 Å². The number of hydrogen-bond acceptors (Lipinski definition) is 5. The zero-order valence-corrected chi connectivity index (χ0v) is 22.5. The molecular weight excluding hydrogens is 447 g/mol. The molecule has 2 unspecified atom stereocenters. The fourth-order valence-corrected chi connectivity index (χ4v) is 4.01. The first-order valence-corrected chi connectivity index (χ1v) is 11.6. The Balaban J connectivity index is 0.00000578. The van der Waals surface area contributed by atoms with Crippen LogP contribution in [0.15, 0.2) is 30.3 Å². The average Bonchev–Trinajstić information content (AvgIpc) is 3.20. The molecule has 0 bridgehead atoms. The molecule has 0 spiro atoms. The van der Waals surface area contributed by atoms with E-state index in [1.165, 1.54) is 5.48 Å². The van der Waals surface area contributed by atoms with E-state index in [-0.39, 0.29) is 53.7 Å². The Morgan fingerprint density at radius 1 is 1.12 bits per heavy atom. The van der Waals surface area contributed by atoms with Gasteiger partial charge in [0.2, 0.25) is 23.6 Å². The number of amides is 4. The van der Waals surface area contributed by atoms with Crippen molar-refractivity contribution in [3.05, 3.63) is 41.1 Å². The zero-order valence-electron chi connectivity index (χ0n) is 20.5. The van der Waals surface area contributed by atoms with Crippen LogP contribution in [-0.4, -0.2) is 54.2 Å². The quantitative estimate of drug-likeness (QED) is 0.179. The molecule has 1 aromatic carbocycles. The second-order valence-electron chi connectivity index (χ2n) is 8.94. The molecule has 34 heavy (non-hydrogen) atoms. The molecule has 1 saturated heterocycles. The molecule has 0 saturated carbocycles. The number of nitrogens with zero attached hydrogens (tertiary/aromatic N) is 1. The van der Waals surface area contributed by atoms with Gasteiger partial charge >= 0.3 is 29.6 Å². The van der Waals surface area contributed by atoms with E-state index in [0.717, 1.165) is 18.5 Å². The number of benzene rings is 1. The van der Waals surface area contributed by atoms with Gasteiger partial charge in [-0.25, -0.2) is 0 Å². The monoisotopic (exact) mass is 482 g/mol. The van der Waals surface area contributed by atoms with E-state index in [1.807, 2.05) is 44.2 Å². The van der Waals surface area contributed by atoms with E-state index >= 15 is 0 Å². The predicted molar refractivity (Wildman–Crippen MR) is 125 cm³/mol. The van der Waals surface area contributed by atoms with Crippen LogP contribution in [0.5, 0.6) is 0 Å². The average molecular weight is 483 g/mol. The van der Waals surface area contributed by atoms with Crippen LogP contribution in [0, 0.1) is 17.0 Å². The van der Waals surface area contributed by atoms with Crippen LogP contribution < -0.4 is 45.7 Å². The summed E-state index contributed by atoms with van der Waals surface area (Å²) in [5, 5.41) is 16.3. The van der Waals surface area contributed by atoms with Gasteiger partial charge in [-0.3, -0.25) is 19.2 Å². The first kappa shape index (κ1) is 30.1. The van der Waals surface area contributed by atoms with Crippen LogP contribution >= 0.6 is 0 Å². The van der Waals surface area contributed by atoms with E-state index in [1.54, 1.807) is 4.90 Å². The molecule has 1 fully saturated rings. The number of hydroxylamine groups is 1. The van der Waals surface area contributed by atoms with Crippen LogP contribution in [-0.2, 0) is 25.6 Å². The molecule has 2 atom stereocenters. The normalized spacial score (nSPS) is 14.8. The van der Waals surface area contributed by atoms with Crippen LogP contribution in [0.25, 0.3) is 0 Å². The van der Waals surface area contributed by atoms with Crippen molar-refractivity contribution in [3.63, 3.8) is 0 Å². The third-order valence-corrected chi connectivity index (χ3v) is 5.66. The van der Waals surface area contributed by atoms with Crippen LogP contribution in [0.4, 0.5) is 0 Å². The minimum Gasteiger partial charge on any atom is -0.759 e. The third kappa shape index (κ3) is 10.5. The predicted octanol–water partition coefficient (Wildman–Crippen LogP) is -1.49. The van der Waals surface area contributed by atoms with Crippen molar-refractivity contribution in [2.45, 2.75) is 58.4 Å². The molecule has 0 radical (unpaired) electrons. The van der Waals surface area contributed by atoms with Crippen LogP contribution in [0.1, 0.15) is 51.5 Å². The van der Waals surface area contributed by atoms with Crippen LogP contribution in [0.3, 0.4) is 0 Å². The minimum absolute atomic E-state index is 0. The van der Waals surface area contributed by atoms with Crippen LogP contribution in [0.2, 0.25) is 0 Å². The van der Waals surface area contributed by atoms with Gasteiger partial charge in [0.25, 0.3) is 0 Å². The maximum absolute atomic E-state index is 13.0. The molecule has 1 aromatic rings. The van der Waals surface area contributed by atoms with E-state index in [4.69, 9.17) is 0 Å². The van der Waals surface area contributed by atoms with Gasteiger partial charge in [0.1, 0.15) is 6.04 Å². The molecule has 182 valence electrons. The number of nitrogens with one attached hydrogen (secondary N) is 3. The van der Waals surface area contributed by atoms with Crippen molar-refractivity contribution in [2.24, 2.45) is 11.8 Å². The van der Waals surface area contributed by atoms with Gasteiger partial charge in [-0.15, -0.1) is 0 Å². The molecule has 10 heteroatoms. The van der Waals surface area contributed by atoms with Crippen molar-refractivity contribution in [1.82, 2.24) is 21.0 Å². The van der Waals surface area contributed by atoms with Gasteiger partial charge in [-0.1, -0.05) is 44.2 Å². The maximum Gasteiger partial charge on any atom is 1.00 e. The minimum atomic E-state index is -0.821. The Labute approximate surface area is 223 Å². The maximum atomic E-state index is 13.0. The van der Waals surface area contributed by atoms with E-state index in [0.29, 0.717) is 38.8 Å². The molecule has 9 nitrogen and oxygen atoms in total. The molecule has 4 amide bonds. The van der Waals surface area contributed by atoms with Gasteiger partial charge in [0, 0.05) is 44.8 Å². The van der Waals surface area contributed by atoms with Gasteiger partial charge in [0.15, 0.2) is 0 Å². The summed E-state index contributed by atoms with van der Waals surface area (Å²) in [5.41, 5.74) is 2.21. The molecule has 0 aliphatic carbocycles. The zero-order chi connectivity index (χ0) is 24.2. The fourth-order valence-electron chi connectivity index (χ4n) is 4.01. The Bertz CT molecular complexity index is 806. The van der Waals surface area contributed by atoms with Crippen molar-refractivity contribution in [1.29, 1.82) is 0 Å². The Hall–Kier alpha value is -1.94. The Morgan fingerprint density at radius 2 is 1.82 bits per heavy atom. The summed E-state index contributed by atoms with van der Waals surface area (Å²) < 4.78 is 0. The second-order valence-corrected chi connectivity index (χ2v) is 8.94. The summed E-state index contributed by atoms with van der Waals surface area (Å²) in [6.45, 7) is 5.59. The topological polar surface area (TPSA) is 131 Å². The number of carbonyl (C=O) groups is 4. The van der Waals surface area contributed by atoms with Crippen molar-refractivity contribution < 1.29 is 48.7 Å². The fraction of sp³-hybridized carbons (Fsp3) is 0.583. The standard InChI is InChI=1S/C24H35N4O5.Na/c1-17(2)14-19(16-21(29)27-33)23(31)26-20(15-18-8-4-3-5-9-18)24(32)25-11-7-13-28-12-6-10-22(28)30;/h3-5,8-9,17,19-20H,6-7,10-16H2,1-2H3,(H3-,25,26,27,29,31,32,33);/q-1;+1. The molecule has 3 N–H and O–H groups in total. The molecule has 1 heterocycles. The first-order chi connectivity index (χ1) is 15.8. The number of hydrogen-bond donors (Lipinski definition) is 3. The summed E-state index contributed by atoms with van der Waals surface area (Å²) >= 11 is 0. The molecule has 2 rings (SSSR count). The molecular formula is C24H35N4NaO5. The summed E-state index contributed by atoms with van der Waals surface area (Å²) in [6.07, 6.45) is 2.58. The summed E-state index contributed by atoms with van der Waals surface area (Å²) in [5.74, 6) is -1.92. The number of carbonyl (C=O) groups excluding carboxylic acids is 4. The summed E-state index contributed by atoms with van der Waals surface area (Å²) in [4.78, 5) is 51.0. The van der Waals surface area contributed by atoms with E-state index in [2.05, 4.69) is 10.6 Å². The van der Waals surface area contributed by atoms with Gasteiger partial charge < -0.3 is 26.2 Å². The molecule has 1 aliphatic rings. The number of rotatable bonds is 13. The van der Waals surface area contributed by atoms with E-state index < -0.39 is 23.8 Å². The van der Waals surface area contributed by atoms with Gasteiger partial charge in [-0.05, 0) is 30.7 Å². The summed E-state index contributed by atoms with van der Waals surface area (Å²) in [6, 6.07) is 8.53. The third-order valence-electron chi connectivity index (χ3n) is 5.66. The van der Waals surface area contributed by atoms with Gasteiger partial charge in [0.05, 0.1) is 0 Å². The van der Waals surface area contributed by atoms with Crippen molar-refractivity contribution in [3.8, 4) is 0 Å². The molecule has 0 aromatic heterocycles. The largest absolute Gasteiger partial charge is 1.00 e. The SMILES string of the molecule is CC(C)CC(CC(=O)N[O-])C(=O)NC(Cc1ccccc1)C(=O)NCCCN1CCCC1=O.[Na+]. The molecule has 1 aliphatic heterocycles. The number of likely N-dealkylation sites (tertiary alicyclic amines) is 1.